The van der Waals surface area contributed by atoms with Crippen molar-refractivity contribution in [2.75, 3.05) is 30.4 Å². The number of ether oxygens (including phenoxy) is 1. The second kappa shape index (κ2) is 8.46. The van der Waals surface area contributed by atoms with Crippen LogP contribution in [0.5, 0.6) is 0 Å². The number of halogens is 1. The minimum atomic E-state index is -0.851. The zero-order valence-electron chi connectivity index (χ0n) is 13.6. The number of hydrogen-bond donors (Lipinski definition) is 1. The monoisotopic (exact) mass is 363 g/mol. The summed E-state index contributed by atoms with van der Waals surface area (Å²) in [4.78, 5) is 42.7. The van der Waals surface area contributed by atoms with Crippen LogP contribution in [0.2, 0.25) is 0 Å². The molecule has 0 aliphatic carbocycles. The number of amides is 1. The summed E-state index contributed by atoms with van der Waals surface area (Å²) in [5, 5.41) is 12.8. The number of carbonyl (C=O) groups is 2. The van der Waals surface area contributed by atoms with Crippen LogP contribution in [0.1, 0.15) is 0 Å². The molecule has 26 heavy (non-hydrogen) atoms. The Morgan fingerprint density at radius 1 is 1.35 bits per heavy atom. The fraction of sp³-hybridized carbons (Fsp3) is 0.200. The van der Waals surface area contributed by atoms with Gasteiger partial charge >= 0.3 is 5.97 Å². The van der Waals surface area contributed by atoms with Gasteiger partial charge in [-0.15, -0.1) is 0 Å². The number of aromatic nitrogens is 2. The molecule has 136 valence electrons. The maximum absolute atomic E-state index is 13.6. The molecule has 1 amide bonds. The smallest absolute Gasteiger partial charge is 0.326 e. The Morgan fingerprint density at radius 3 is 2.69 bits per heavy atom. The van der Waals surface area contributed by atoms with Gasteiger partial charge in [-0.2, -0.15) is 0 Å². The number of rotatable bonds is 7. The van der Waals surface area contributed by atoms with Crippen molar-refractivity contribution >= 4 is 29.2 Å². The molecule has 0 aliphatic heterocycles. The van der Waals surface area contributed by atoms with E-state index in [-0.39, 0.29) is 17.9 Å². The molecule has 1 aromatic carbocycles. The third-order valence-electron chi connectivity index (χ3n) is 3.06. The van der Waals surface area contributed by atoms with Crippen LogP contribution < -0.4 is 10.2 Å². The Morgan fingerprint density at radius 2 is 2.04 bits per heavy atom. The predicted molar refractivity (Wildman–Crippen MR) is 87.9 cm³/mol. The lowest BCUT2D eigenvalue weighted by atomic mass is 10.2. The summed E-state index contributed by atoms with van der Waals surface area (Å²) >= 11 is 0. The molecule has 1 heterocycles. The molecule has 0 unspecified atom stereocenters. The zero-order valence-corrected chi connectivity index (χ0v) is 13.6. The Bertz CT molecular complexity index is 817. The minimum absolute atomic E-state index is 0.206. The van der Waals surface area contributed by atoms with Gasteiger partial charge in [0, 0.05) is 31.6 Å². The van der Waals surface area contributed by atoms with Gasteiger partial charge in [-0.1, -0.05) is 0 Å². The van der Waals surface area contributed by atoms with E-state index in [2.05, 4.69) is 15.3 Å². The van der Waals surface area contributed by atoms with E-state index in [1.165, 1.54) is 17.3 Å². The van der Waals surface area contributed by atoms with Crippen molar-refractivity contribution in [1.82, 2.24) is 9.97 Å². The maximum Gasteiger partial charge on any atom is 0.326 e. The van der Waals surface area contributed by atoms with Crippen molar-refractivity contribution in [1.29, 1.82) is 0 Å². The molecule has 0 saturated carbocycles. The van der Waals surface area contributed by atoms with E-state index < -0.39 is 29.2 Å². The number of anilines is 2. The summed E-state index contributed by atoms with van der Waals surface area (Å²) in [6, 6.07) is 4.31. The van der Waals surface area contributed by atoms with Gasteiger partial charge in [0.15, 0.2) is 6.61 Å². The molecular weight excluding hydrogens is 349 g/mol. The van der Waals surface area contributed by atoms with E-state index in [0.717, 1.165) is 18.2 Å². The molecule has 0 fully saturated rings. The van der Waals surface area contributed by atoms with Gasteiger partial charge in [-0.3, -0.25) is 19.7 Å². The van der Waals surface area contributed by atoms with Crippen molar-refractivity contribution in [3.8, 4) is 0 Å². The number of nitro benzene ring substituents is 1. The molecule has 0 spiro atoms. The zero-order chi connectivity index (χ0) is 19.1. The fourth-order valence-corrected chi connectivity index (χ4v) is 1.85. The van der Waals surface area contributed by atoms with Gasteiger partial charge in [-0.05, 0) is 12.1 Å². The Kier molecular flexibility index (Phi) is 6.09. The van der Waals surface area contributed by atoms with Crippen LogP contribution in [0.3, 0.4) is 0 Å². The molecule has 0 atom stereocenters. The summed E-state index contributed by atoms with van der Waals surface area (Å²) in [7, 11) is 1.56. The lowest BCUT2D eigenvalue weighted by Gasteiger charge is -2.15. The van der Waals surface area contributed by atoms with E-state index >= 15 is 0 Å². The number of carbonyl (C=O) groups excluding carboxylic acids is 2. The van der Waals surface area contributed by atoms with Gasteiger partial charge in [0.05, 0.1) is 10.6 Å². The third-order valence-corrected chi connectivity index (χ3v) is 3.06. The highest BCUT2D eigenvalue weighted by Crippen LogP contribution is 2.21. The number of esters is 1. The molecule has 0 aliphatic rings. The van der Waals surface area contributed by atoms with Crippen LogP contribution >= 0.6 is 0 Å². The van der Waals surface area contributed by atoms with Crippen molar-refractivity contribution in [3.05, 3.63) is 52.6 Å². The summed E-state index contributed by atoms with van der Waals surface area (Å²) in [5.74, 6) is -2.12. The normalized spacial score (nSPS) is 10.1. The lowest BCUT2D eigenvalue weighted by Crippen LogP contribution is -2.30. The van der Waals surface area contributed by atoms with Crippen LogP contribution in [0.15, 0.2) is 36.7 Å². The first-order chi connectivity index (χ1) is 12.4. The molecule has 0 saturated heterocycles. The van der Waals surface area contributed by atoms with E-state index in [1.54, 1.807) is 13.1 Å². The quantitative estimate of drug-likeness (QED) is 0.441. The Balaban J connectivity index is 1.86. The average Bonchev–Trinajstić information content (AvgIpc) is 2.62. The maximum atomic E-state index is 13.6. The van der Waals surface area contributed by atoms with Gasteiger partial charge in [0.2, 0.25) is 5.95 Å². The van der Waals surface area contributed by atoms with Gasteiger partial charge in [0.25, 0.3) is 11.6 Å². The minimum Gasteiger partial charge on any atom is -0.454 e. The van der Waals surface area contributed by atoms with Crippen molar-refractivity contribution in [2.24, 2.45) is 0 Å². The predicted octanol–water partition coefficient (Wildman–Crippen LogP) is 1.14. The highest BCUT2D eigenvalue weighted by atomic mass is 19.1. The standard InChI is InChI=1S/C15H14FN5O5/c1-20(15-17-5-2-6-18-15)8-14(23)26-9-13(22)19-12-7-10(21(24)25)3-4-11(12)16/h2-7H,8-9H2,1H3,(H,19,22). The average molecular weight is 363 g/mol. The largest absolute Gasteiger partial charge is 0.454 e. The topological polar surface area (TPSA) is 128 Å². The van der Waals surface area contributed by atoms with Gasteiger partial charge < -0.3 is 15.0 Å². The first-order valence-electron chi connectivity index (χ1n) is 7.24. The van der Waals surface area contributed by atoms with Crippen LogP contribution in [-0.4, -0.2) is 47.0 Å². The van der Waals surface area contributed by atoms with Crippen LogP contribution in [0.25, 0.3) is 0 Å². The number of nitro groups is 1. The van der Waals surface area contributed by atoms with Crippen molar-refractivity contribution < 1.29 is 23.6 Å². The third kappa shape index (κ3) is 5.19. The highest BCUT2D eigenvalue weighted by Gasteiger charge is 2.15. The van der Waals surface area contributed by atoms with Crippen molar-refractivity contribution in [2.45, 2.75) is 0 Å². The Hall–Kier alpha value is -3.63. The number of benzene rings is 1. The first-order valence-corrected chi connectivity index (χ1v) is 7.24. The molecule has 11 heteroatoms. The summed E-state index contributed by atoms with van der Waals surface area (Å²) < 4.78 is 18.4. The molecule has 0 bridgehead atoms. The van der Waals surface area contributed by atoms with Gasteiger partial charge in [0.1, 0.15) is 12.4 Å². The second-order valence-corrected chi connectivity index (χ2v) is 5.03. The molecule has 1 N–H and O–H groups in total. The Labute approximate surface area is 146 Å². The van der Waals surface area contributed by atoms with E-state index in [1.807, 2.05) is 0 Å². The highest BCUT2D eigenvalue weighted by molar-refractivity contribution is 5.93. The summed E-state index contributed by atoms with van der Waals surface area (Å²) in [6.07, 6.45) is 3.01. The number of nitrogens with one attached hydrogen (secondary N) is 1. The number of nitrogens with zero attached hydrogens (tertiary/aromatic N) is 4. The number of hydrogen-bond acceptors (Lipinski definition) is 8. The van der Waals surface area contributed by atoms with Crippen LogP contribution in [0.4, 0.5) is 21.7 Å². The molecular formula is C15H14FN5O5. The first kappa shape index (κ1) is 18.7. The van der Waals surface area contributed by atoms with E-state index in [9.17, 15) is 24.1 Å². The fourth-order valence-electron chi connectivity index (χ4n) is 1.85. The van der Waals surface area contributed by atoms with Crippen LogP contribution in [-0.2, 0) is 14.3 Å². The van der Waals surface area contributed by atoms with Crippen LogP contribution in [0, 0.1) is 15.9 Å². The second-order valence-electron chi connectivity index (χ2n) is 5.03. The molecule has 2 rings (SSSR count). The van der Waals surface area contributed by atoms with Gasteiger partial charge in [-0.25, -0.2) is 14.4 Å². The molecule has 2 aromatic rings. The lowest BCUT2D eigenvalue weighted by molar-refractivity contribution is -0.384. The summed E-state index contributed by atoms with van der Waals surface area (Å²) in [6.45, 7) is -0.882. The van der Waals surface area contributed by atoms with Crippen molar-refractivity contribution in [3.63, 3.8) is 0 Å². The van der Waals surface area contributed by atoms with E-state index in [4.69, 9.17) is 4.74 Å². The van der Waals surface area contributed by atoms with E-state index in [0.29, 0.717) is 5.95 Å². The molecule has 1 aromatic heterocycles. The molecule has 0 radical (unpaired) electrons. The number of non-ortho nitro benzene ring substituents is 1. The molecule has 10 nitrogen and oxygen atoms in total. The SMILES string of the molecule is CN(CC(=O)OCC(=O)Nc1cc([N+](=O)[O-])ccc1F)c1ncccn1. The summed E-state index contributed by atoms with van der Waals surface area (Å²) in [5.41, 5.74) is -0.766. The number of likely N-dealkylation sites (N-methyl/N-ethyl adjacent to an activating group) is 1.